The maximum absolute atomic E-state index is 9.07. The molecular weight excluding hydrogens is 309 g/mol. The summed E-state index contributed by atoms with van der Waals surface area (Å²) in [6.45, 7) is -0.154. The van der Waals surface area contributed by atoms with Crippen molar-refractivity contribution in [1.82, 2.24) is 4.98 Å². The molecule has 0 aliphatic carbocycles. The van der Waals surface area contributed by atoms with Gasteiger partial charge in [-0.2, -0.15) is 0 Å². The molecule has 3 nitrogen and oxygen atoms in total. The van der Waals surface area contributed by atoms with Crippen LogP contribution in [-0.4, -0.2) is 17.2 Å². The summed E-state index contributed by atoms with van der Waals surface area (Å²) < 4.78 is 5.21. The highest BCUT2D eigenvalue weighted by Crippen LogP contribution is 2.37. The van der Waals surface area contributed by atoms with Gasteiger partial charge in [0.15, 0.2) is 0 Å². The second-order valence-electron chi connectivity index (χ2n) is 3.77. The highest BCUT2D eigenvalue weighted by Gasteiger charge is 2.12. The van der Waals surface area contributed by atoms with E-state index in [4.69, 9.17) is 44.6 Å². The fraction of sp³-hybridized carbons (Fsp3) is 0.154. The first kappa shape index (κ1) is 14.4. The summed E-state index contributed by atoms with van der Waals surface area (Å²) in [5.41, 5.74) is 1.99. The number of nitrogens with zero attached hydrogens (tertiary/aromatic N) is 1. The van der Waals surface area contributed by atoms with Crippen LogP contribution in [0.1, 0.15) is 5.69 Å². The van der Waals surface area contributed by atoms with E-state index in [1.54, 1.807) is 24.3 Å². The molecule has 1 aromatic carbocycles. The van der Waals surface area contributed by atoms with Crippen LogP contribution >= 0.6 is 34.8 Å². The summed E-state index contributed by atoms with van der Waals surface area (Å²) in [7, 11) is 1.51. The Morgan fingerprint density at radius 2 is 1.79 bits per heavy atom. The van der Waals surface area contributed by atoms with Gasteiger partial charge < -0.3 is 9.84 Å². The topological polar surface area (TPSA) is 42.4 Å². The van der Waals surface area contributed by atoms with Crippen molar-refractivity contribution in [2.45, 2.75) is 6.61 Å². The second kappa shape index (κ2) is 5.97. The fourth-order valence-electron chi connectivity index (χ4n) is 1.65. The van der Waals surface area contributed by atoms with Crippen molar-refractivity contribution in [2.75, 3.05) is 7.11 Å². The van der Waals surface area contributed by atoms with E-state index in [9.17, 15) is 0 Å². The van der Waals surface area contributed by atoms with Crippen LogP contribution in [0.3, 0.4) is 0 Å². The van der Waals surface area contributed by atoms with Gasteiger partial charge in [0, 0.05) is 5.56 Å². The number of rotatable bonds is 3. The summed E-state index contributed by atoms with van der Waals surface area (Å²) in [5.74, 6) is 0.390. The Bertz CT molecular complexity index is 594. The van der Waals surface area contributed by atoms with Crippen LogP contribution in [0.4, 0.5) is 0 Å². The minimum absolute atomic E-state index is 0.154. The number of aliphatic hydroxyl groups excluding tert-OH is 1. The van der Waals surface area contributed by atoms with Gasteiger partial charge in [-0.1, -0.05) is 34.8 Å². The van der Waals surface area contributed by atoms with Gasteiger partial charge in [-0.15, -0.1) is 0 Å². The Morgan fingerprint density at radius 1 is 1.16 bits per heavy atom. The number of aromatic nitrogens is 1. The van der Waals surface area contributed by atoms with Crippen LogP contribution in [-0.2, 0) is 6.61 Å². The highest BCUT2D eigenvalue weighted by molar-refractivity contribution is 6.48. The maximum Gasteiger partial charge on any atom is 0.221 e. The van der Waals surface area contributed by atoms with E-state index in [0.717, 1.165) is 11.1 Å². The lowest BCUT2D eigenvalue weighted by atomic mass is 10.1. The van der Waals surface area contributed by atoms with Crippen molar-refractivity contribution >= 4 is 34.8 Å². The lowest BCUT2D eigenvalue weighted by molar-refractivity contribution is 0.274. The molecule has 1 N–H and O–H groups in total. The van der Waals surface area contributed by atoms with Crippen molar-refractivity contribution in [3.8, 4) is 17.0 Å². The molecule has 0 spiro atoms. The molecule has 0 radical (unpaired) electrons. The number of ether oxygens (including phenoxy) is 1. The molecule has 19 heavy (non-hydrogen) atoms. The van der Waals surface area contributed by atoms with Crippen molar-refractivity contribution in [3.05, 3.63) is 45.0 Å². The third-order valence-electron chi connectivity index (χ3n) is 2.57. The van der Waals surface area contributed by atoms with E-state index in [-0.39, 0.29) is 6.61 Å². The predicted octanol–water partition coefficient (Wildman–Crippen LogP) is 4.21. The van der Waals surface area contributed by atoms with Crippen molar-refractivity contribution < 1.29 is 9.84 Å². The molecule has 0 aliphatic heterocycles. The monoisotopic (exact) mass is 317 g/mol. The van der Waals surface area contributed by atoms with Crippen LogP contribution in [0, 0.1) is 0 Å². The van der Waals surface area contributed by atoms with E-state index >= 15 is 0 Å². The molecule has 2 aromatic rings. The Kier molecular flexibility index (Phi) is 4.53. The zero-order valence-corrected chi connectivity index (χ0v) is 12.2. The van der Waals surface area contributed by atoms with E-state index in [2.05, 4.69) is 4.98 Å². The van der Waals surface area contributed by atoms with Gasteiger partial charge in [0.1, 0.15) is 0 Å². The van der Waals surface area contributed by atoms with Gasteiger partial charge in [0.2, 0.25) is 5.88 Å². The lowest BCUT2D eigenvalue weighted by Gasteiger charge is -2.10. The largest absolute Gasteiger partial charge is 0.481 e. The second-order valence-corrected chi connectivity index (χ2v) is 4.96. The summed E-state index contributed by atoms with van der Waals surface area (Å²) in [5, 5.41) is 10.1. The van der Waals surface area contributed by atoms with Crippen molar-refractivity contribution in [3.63, 3.8) is 0 Å². The van der Waals surface area contributed by atoms with E-state index in [1.165, 1.54) is 7.11 Å². The molecule has 0 saturated carbocycles. The molecule has 0 amide bonds. The molecule has 0 aliphatic rings. The number of methoxy groups -OCH3 is 1. The molecule has 100 valence electrons. The average molecular weight is 319 g/mol. The van der Waals surface area contributed by atoms with Gasteiger partial charge in [0.25, 0.3) is 0 Å². The molecule has 0 bridgehead atoms. The quantitative estimate of drug-likeness (QED) is 0.862. The van der Waals surface area contributed by atoms with Gasteiger partial charge in [-0.3, -0.25) is 0 Å². The maximum atomic E-state index is 9.07. The molecule has 6 heteroatoms. The number of halogens is 3. The van der Waals surface area contributed by atoms with E-state index in [1.807, 2.05) is 0 Å². The zero-order chi connectivity index (χ0) is 14.0. The summed E-state index contributed by atoms with van der Waals surface area (Å²) in [6, 6.07) is 6.86. The number of aliphatic hydroxyl groups is 1. The standard InChI is InChI=1S/C13H10Cl3NO2/c1-19-13-9(3-2-8(6-18)17-13)7-4-10(14)12(16)11(15)5-7/h2-5,18H,6H2,1H3. The molecule has 1 aromatic heterocycles. The van der Waals surface area contributed by atoms with Gasteiger partial charge in [0.05, 0.1) is 34.5 Å². The Hall–Kier alpha value is -1.000. The summed E-state index contributed by atoms with van der Waals surface area (Å²) >= 11 is 17.9. The van der Waals surface area contributed by atoms with E-state index in [0.29, 0.717) is 26.6 Å². The first-order valence-electron chi connectivity index (χ1n) is 5.36. The van der Waals surface area contributed by atoms with Gasteiger partial charge >= 0.3 is 0 Å². The van der Waals surface area contributed by atoms with Crippen LogP contribution in [0.2, 0.25) is 15.1 Å². The summed E-state index contributed by atoms with van der Waals surface area (Å²) in [6.07, 6.45) is 0. The van der Waals surface area contributed by atoms with Crippen molar-refractivity contribution in [1.29, 1.82) is 0 Å². The minimum Gasteiger partial charge on any atom is -0.481 e. The molecule has 1 heterocycles. The Morgan fingerprint density at radius 3 is 2.32 bits per heavy atom. The molecule has 0 saturated heterocycles. The van der Waals surface area contributed by atoms with Crippen LogP contribution in [0.25, 0.3) is 11.1 Å². The lowest BCUT2D eigenvalue weighted by Crippen LogP contribution is -1.96. The number of benzene rings is 1. The highest BCUT2D eigenvalue weighted by atomic mass is 35.5. The molecule has 0 unspecified atom stereocenters. The first-order valence-corrected chi connectivity index (χ1v) is 6.50. The summed E-state index contributed by atoms with van der Waals surface area (Å²) in [4.78, 5) is 4.18. The molecule has 0 atom stereocenters. The number of hydrogen-bond acceptors (Lipinski definition) is 3. The normalized spacial score (nSPS) is 10.6. The smallest absolute Gasteiger partial charge is 0.221 e. The van der Waals surface area contributed by atoms with Crippen LogP contribution < -0.4 is 4.74 Å². The molecular formula is C13H10Cl3NO2. The minimum atomic E-state index is -0.154. The predicted molar refractivity (Wildman–Crippen MR) is 77.2 cm³/mol. The van der Waals surface area contributed by atoms with Crippen molar-refractivity contribution in [2.24, 2.45) is 0 Å². The Labute approximate surface area is 125 Å². The number of pyridine rings is 1. The first-order chi connectivity index (χ1) is 9.06. The number of hydrogen-bond donors (Lipinski definition) is 1. The third kappa shape index (κ3) is 2.95. The molecule has 0 fully saturated rings. The van der Waals surface area contributed by atoms with Gasteiger partial charge in [-0.25, -0.2) is 4.98 Å². The SMILES string of the molecule is COc1nc(CO)ccc1-c1cc(Cl)c(Cl)c(Cl)c1. The van der Waals surface area contributed by atoms with Gasteiger partial charge in [-0.05, 0) is 29.8 Å². The zero-order valence-electron chi connectivity index (χ0n) is 9.95. The van der Waals surface area contributed by atoms with Crippen LogP contribution in [0.15, 0.2) is 24.3 Å². The fourth-order valence-corrected chi connectivity index (χ4v) is 2.25. The van der Waals surface area contributed by atoms with Crippen LogP contribution in [0.5, 0.6) is 5.88 Å². The molecule has 2 rings (SSSR count). The average Bonchev–Trinajstić information content (AvgIpc) is 2.43. The Balaban J connectivity index is 2.58. The van der Waals surface area contributed by atoms with E-state index < -0.39 is 0 Å². The third-order valence-corrected chi connectivity index (χ3v) is 3.76.